The number of aromatic nitrogens is 4. The summed E-state index contributed by atoms with van der Waals surface area (Å²) in [6.07, 6.45) is 1.73. The van der Waals surface area contributed by atoms with Gasteiger partial charge in [0, 0.05) is 17.6 Å². The van der Waals surface area contributed by atoms with Crippen LogP contribution in [0, 0.1) is 6.92 Å². The summed E-state index contributed by atoms with van der Waals surface area (Å²) in [5, 5.41) is 12.9. The van der Waals surface area contributed by atoms with Gasteiger partial charge in [0.15, 0.2) is 16.1 Å². The number of thioether (sulfide) groups is 1. The maximum Gasteiger partial charge on any atom is 0.236 e. The Morgan fingerprint density at radius 3 is 2.89 bits per heavy atom. The second-order valence-electron chi connectivity index (χ2n) is 5.48. The van der Waals surface area contributed by atoms with E-state index in [0.29, 0.717) is 33.4 Å². The number of hydrogen-bond donors (Lipinski definition) is 1. The van der Waals surface area contributed by atoms with E-state index in [1.54, 1.807) is 18.3 Å². The van der Waals surface area contributed by atoms with Crippen molar-refractivity contribution in [3.8, 4) is 5.75 Å². The van der Waals surface area contributed by atoms with Gasteiger partial charge in [-0.2, -0.15) is 0 Å². The fourth-order valence-electron chi connectivity index (χ4n) is 2.25. The molecular weight excluding hydrogens is 406 g/mol. The maximum absolute atomic E-state index is 12.1. The molecule has 0 radical (unpaired) electrons. The van der Waals surface area contributed by atoms with E-state index in [1.807, 2.05) is 30.5 Å². The third-order valence-corrected chi connectivity index (χ3v) is 5.61. The number of aryl methyl sites for hydroxylation is 1. The summed E-state index contributed by atoms with van der Waals surface area (Å²) in [6, 6.07) is 7.27. The molecule has 0 fully saturated rings. The second kappa shape index (κ2) is 9.20. The standard InChI is InChI=1S/C17H18ClN5O2S2/c1-3-23-14(9-25-13-7-5-4-6-12(13)18)21-22-17(23)26-10-15(24)20-16-19-8-11(2)27-16/h4-8H,3,9-10H2,1-2H3,(H,19,20,24). The van der Waals surface area contributed by atoms with Gasteiger partial charge in [-0.1, -0.05) is 35.5 Å². The first-order valence-electron chi connectivity index (χ1n) is 8.21. The van der Waals surface area contributed by atoms with Gasteiger partial charge >= 0.3 is 0 Å². The molecule has 0 atom stereocenters. The van der Waals surface area contributed by atoms with E-state index in [-0.39, 0.29) is 18.3 Å². The first-order valence-corrected chi connectivity index (χ1v) is 10.4. The van der Waals surface area contributed by atoms with Gasteiger partial charge in [0.2, 0.25) is 5.91 Å². The van der Waals surface area contributed by atoms with E-state index in [2.05, 4.69) is 20.5 Å². The van der Waals surface area contributed by atoms with Crippen molar-refractivity contribution in [2.45, 2.75) is 32.2 Å². The van der Waals surface area contributed by atoms with Crippen LogP contribution in [0.25, 0.3) is 0 Å². The van der Waals surface area contributed by atoms with Crippen molar-refractivity contribution in [3.63, 3.8) is 0 Å². The van der Waals surface area contributed by atoms with Crippen molar-refractivity contribution in [1.82, 2.24) is 19.7 Å². The molecule has 0 bridgehead atoms. The van der Waals surface area contributed by atoms with Gasteiger partial charge < -0.3 is 14.6 Å². The van der Waals surface area contributed by atoms with E-state index in [9.17, 15) is 4.79 Å². The average molecular weight is 424 g/mol. The number of hydrogen-bond acceptors (Lipinski definition) is 7. The number of ether oxygens (including phenoxy) is 1. The predicted molar refractivity (Wildman–Crippen MR) is 108 cm³/mol. The Kier molecular flexibility index (Phi) is 6.70. The molecule has 0 saturated carbocycles. The summed E-state index contributed by atoms with van der Waals surface area (Å²) in [5.74, 6) is 1.36. The number of nitrogens with zero attached hydrogens (tertiary/aromatic N) is 4. The summed E-state index contributed by atoms with van der Waals surface area (Å²) in [7, 11) is 0. The van der Waals surface area contributed by atoms with Gasteiger partial charge in [0.25, 0.3) is 0 Å². The van der Waals surface area contributed by atoms with Crippen molar-refractivity contribution in [1.29, 1.82) is 0 Å². The molecule has 7 nitrogen and oxygen atoms in total. The van der Waals surface area contributed by atoms with Gasteiger partial charge in [-0.15, -0.1) is 21.5 Å². The summed E-state index contributed by atoms with van der Waals surface area (Å²) < 4.78 is 7.65. The van der Waals surface area contributed by atoms with Crippen LogP contribution in [0.15, 0.2) is 35.6 Å². The highest BCUT2D eigenvalue weighted by molar-refractivity contribution is 7.99. The SMILES string of the molecule is CCn1c(COc2ccccc2Cl)nnc1SCC(=O)Nc1ncc(C)s1. The van der Waals surface area contributed by atoms with Crippen LogP contribution in [-0.2, 0) is 17.9 Å². The first kappa shape index (κ1) is 19.7. The zero-order valence-corrected chi connectivity index (χ0v) is 17.2. The summed E-state index contributed by atoms with van der Waals surface area (Å²) in [5.41, 5.74) is 0. The number of carbonyl (C=O) groups is 1. The van der Waals surface area contributed by atoms with Crippen molar-refractivity contribution in [3.05, 3.63) is 46.2 Å². The molecule has 0 unspecified atom stereocenters. The molecule has 0 aliphatic rings. The number of thiazole rings is 1. The second-order valence-corrected chi connectivity index (χ2v) is 8.06. The quantitative estimate of drug-likeness (QED) is 0.551. The zero-order valence-electron chi connectivity index (χ0n) is 14.8. The molecule has 27 heavy (non-hydrogen) atoms. The molecule has 0 aliphatic heterocycles. The van der Waals surface area contributed by atoms with Crippen LogP contribution >= 0.6 is 34.7 Å². The lowest BCUT2D eigenvalue weighted by Gasteiger charge is -2.09. The Morgan fingerprint density at radius 1 is 1.37 bits per heavy atom. The van der Waals surface area contributed by atoms with Gasteiger partial charge in [-0.25, -0.2) is 4.98 Å². The summed E-state index contributed by atoms with van der Waals surface area (Å²) >= 11 is 8.87. The number of halogens is 1. The molecule has 1 amide bonds. The largest absolute Gasteiger partial charge is 0.484 e. The molecule has 10 heteroatoms. The minimum Gasteiger partial charge on any atom is -0.484 e. The maximum atomic E-state index is 12.1. The lowest BCUT2D eigenvalue weighted by atomic mass is 10.3. The molecule has 0 saturated heterocycles. The van der Waals surface area contributed by atoms with E-state index < -0.39 is 0 Å². The monoisotopic (exact) mass is 423 g/mol. The fourth-order valence-corrected chi connectivity index (χ4v) is 3.94. The van der Waals surface area contributed by atoms with Crippen molar-refractivity contribution in [2.24, 2.45) is 0 Å². The van der Waals surface area contributed by atoms with Crippen LogP contribution < -0.4 is 10.1 Å². The molecule has 142 valence electrons. The van der Waals surface area contributed by atoms with E-state index >= 15 is 0 Å². The highest BCUT2D eigenvalue weighted by atomic mass is 35.5. The minimum atomic E-state index is -0.131. The van der Waals surface area contributed by atoms with Crippen LogP contribution in [0.5, 0.6) is 5.75 Å². The van der Waals surface area contributed by atoms with E-state index in [0.717, 1.165) is 4.88 Å². The third kappa shape index (κ3) is 5.21. The van der Waals surface area contributed by atoms with Crippen LogP contribution in [0.1, 0.15) is 17.6 Å². The smallest absolute Gasteiger partial charge is 0.236 e. The van der Waals surface area contributed by atoms with Crippen LogP contribution in [0.4, 0.5) is 5.13 Å². The van der Waals surface area contributed by atoms with E-state index in [1.165, 1.54) is 23.1 Å². The van der Waals surface area contributed by atoms with Crippen LogP contribution in [0.3, 0.4) is 0 Å². The molecule has 2 heterocycles. The highest BCUT2D eigenvalue weighted by Gasteiger charge is 2.15. The molecule has 3 rings (SSSR count). The summed E-state index contributed by atoms with van der Waals surface area (Å²) in [4.78, 5) is 17.3. The lowest BCUT2D eigenvalue weighted by Crippen LogP contribution is -2.14. The number of para-hydroxylation sites is 1. The Balaban J connectivity index is 1.58. The Bertz CT molecular complexity index is 928. The fraction of sp³-hybridized carbons (Fsp3) is 0.294. The topological polar surface area (TPSA) is 81.9 Å². The van der Waals surface area contributed by atoms with E-state index in [4.69, 9.17) is 16.3 Å². The van der Waals surface area contributed by atoms with Crippen LogP contribution in [-0.4, -0.2) is 31.4 Å². The molecular formula is C17H18ClN5O2S2. The van der Waals surface area contributed by atoms with Gasteiger partial charge in [-0.05, 0) is 26.0 Å². The number of nitrogens with one attached hydrogen (secondary N) is 1. The molecule has 1 N–H and O–H groups in total. The van der Waals surface area contributed by atoms with Crippen LogP contribution in [0.2, 0.25) is 5.02 Å². The Labute approximate surface area is 170 Å². The van der Waals surface area contributed by atoms with Crippen molar-refractivity contribution < 1.29 is 9.53 Å². The number of rotatable bonds is 8. The van der Waals surface area contributed by atoms with Crippen molar-refractivity contribution in [2.75, 3.05) is 11.1 Å². The number of carbonyl (C=O) groups excluding carboxylic acids is 1. The lowest BCUT2D eigenvalue weighted by molar-refractivity contribution is -0.113. The minimum absolute atomic E-state index is 0.131. The highest BCUT2D eigenvalue weighted by Crippen LogP contribution is 2.25. The summed E-state index contributed by atoms with van der Waals surface area (Å²) in [6.45, 7) is 4.85. The van der Waals surface area contributed by atoms with Gasteiger partial charge in [-0.3, -0.25) is 4.79 Å². The number of benzene rings is 1. The van der Waals surface area contributed by atoms with Crippen molar-refractivity contribution >= 4 is 45.7 Å². The Morgan fingerprint density at radius 2 is 2.19 bits per heavy atom. The zero-order chi connectivity index (χ0) is 19.2. The molecule has 2 aromatic heterocycles. The van der Waals surface area contributed by atoms with Gasteiger partial charge in [0.05, 0.1) is 10.8 Å². The normalized spacial score (nSPS) is 10.8. The number of amides is 1. The molecule has 0 aliphatic carbocycles. The molecule has 0 spiro atoms. The predicted octanol–water partition coefficient (Wildman–Crippen LogP) is 4.03. The third-order valence-electron chi connectivity index (χ3n) is 3.50. The molecule has 1 aromatic carbocycles. The number of anilines is 1. The average Bonchev–Trinajstić information content (AvgIpc) is 3.24. The van der Waals surface area contributed by atoms with Gasteiger partial charge in [0.1, 0.15) is 12.4 Å². The first-order chi connectivity index (χ1) is 13.1. The molecule has 3 aromatic rings. The Hall–Kier alpha value is -2.10.